The van der Waals surface area contributed by atoms with E-state index in [-0.39, 0.29) is 6.04 Å². The molecule has 0 aromatic heterocycles. The van der Waals surface area contributed by atoms with Gasteiger partial charge in [-0.2, -0.15) is 0 Å². The first-order valence-electron chi connectivity index (χ1n) is 6.71. The van der Waals surface area contributed by atoms with Gasteiger partial charge in [-0.25, -0.2) is 0 Å². The molecule has 0 radical (unpaired) electrons. The van der Waals surface area contributed by atoms with Crippen LogP contribution in [0.2, 0.25) is 0 Å². The molecule has 1 atom stereocenters. The molecule has 0 spiro atoms. The van der Waals surface area contributed by atoms with Crippen LogP contribution >= 0.6 is 0 Å². The fraction of sp³-hybridized carbons (Fsp3) is 0.500. The fourth-order valence-electron chi connectivity index (χ4n) is 2.56. The Labute approximate surface area is 105 Å². The molecule has 2 rings (SSSR count). The molecule has 1 aliphatic carbocycles. The molecule has 0 saturated heterocycles. The molecule has 1 unspecified atom stereocenters. The lowest BCUT2D eigenvalue weighted by atomic mass is 9.90. The summed E-state index contributed by atoms with van der Waals surface area (Å²) >= 11 is 0. The van der Waals surface area contributed by atoms with E-state index in [0.717, 1.165) is 12.8 Å². The predicted octanol–water partition coefficient (Wildman–Crippen LogP) is 3.78. The summed E-state index contributed by atoms with van der Waals surface area (Å²) in [5.41, 5.74) is 10.3. The molecule has 0 aliphatic heterocycles. The van der Waals surface area contributed by atoms with Crippen molar-refractivity contribution < 1.29 is 0 Å². The van der Waals surface area contributed by atoms with Gasteiger partial charge in [0.2, 0.25) is 0 Å². The lowest BCUT2D eigenvalue weighted by molar-refractivity contribution is 0.645. The summed E-state index contributed by atoms with van der Waals surface area (Å²) in [6.07, 6.45) is 6.95. The summed E-state index contributed by atoms with van der Waals surface area (Å²) in [6.45, 7) is 4.53. The van der Waals surface area contributed by atoms with Crippen LogP contribution in [0.4, 0.5) is 0 Å². The molecule has 92 valence electrons. The van der Waals surface area contributed by atoms with Crippen molar-refractivity contribution >= 4 is 5.57 Å². The largest absolute Gasteiger partial charge is 0.324 e. The van der Waals surface area contributed by atoms with Gasteiger partial charge in [-0.05, 0) is 48.3 Å². The average Bonchev–Trinajstić information content (AvgIpc) is 2.28. The van der Waals surface area contributed by atoms with Crippen molar-refractivity contribution in [3.63, 3.8) is 0 Å². The summed E-state index contributed by atoms with van der Waals surface area (Å²) in [6, 6.07) is 9.21. The van der Waals surface area contributed by atoms with Crippen LogP contribution in [0.1, 0.15) is 44.2 Å². The number of hydrogen-bond acceptors (Lipinski definition) is 1. The number of benzene rings is 1. The molecule has 0 bridgehead atoms. The number of allylic oxidation sites excluding steroid dienone is 1. The molecular weight excluding hydrogens is 206 g/mol. The van der Waals surface area contributed by atoms with Crippen LogP contribution in [0.15, 0.2) is 30.3 Å². The van der Waals surface area contributed by atoms with Gasteiger partial charge in [-0.15, -0.1) is 0 Å². The second kappa shape index (κ2) is 5.50. The van der Waals surface area contributed by atoms with Gasteiger partial charge in [-0.1, -0.05) is 44.2 Å². The van der Waals surface area contributed by atoms with Gasteiger partial charge in [-0.3, -0.25) is 0 Å². The topological polar surface area (TPSA) is 26.0 Å². The molecule has 1 aliphatic rings. The standard InChI is InChI=1S/C16H23N/c1-12(2)9-13-5-3-6-14(10-13)15-7-4-8-16(17)11-15/h3,5-6,10-12,16H,4,7-9,17H2,1-2H3. The number of hydrogen-bond donors (Lipinski definition) is 1. The van der Waals surface area contributed by atoms with Gasteiger partial charge in [0.25, 0.3) is 0 Å². The van der Waals surface area contributed by atoms with Crippen molar-refractivity contribution in [1.82, 2.24) is 0 Å². The molecule has 1 aromatic carbocycles. The van der Waals surface area contributed by atoms with Gasteiger partial charge in [0.05, 0.1) is 0 Å². The minimum absolute atomic E-state index is 0.257. The molecular formula is C16H23N. The fourth-order valence-corrected chi connectivity index (χ4v) is 2.56. The third kappa shape index (κ3) is 3.44. The van der Waals surface area contributed by atoms with Crippen LogP contribution in [-0.2, 0) is 6.42 Å². The smallest absolute Gasteiger partial charge is 0.0229 e. The summed E-state index contributed by atoms with van der Waals surface area (Å²) in [7, 11) is 0. The van der Waals surface area contributed by atoms with E-state index in [1.807, 2.05) is 0 Å². The van der Waals surface area contributed by atoms with Crippen molar-refractivity contribution in [2.75, 3.05) is 0 Å². The van der Waals surface area contributed by atoms with Crippen LogP contribution in [0.25, 0.3) is 5.57 Å². The monoisotopic (exact) mass is 229 g/mol. The highest BCUT2D eigenvalue weighted by Gasteiger charge is 2.11. The lowest BCUT2D eigenvalue weighted by Crippen LogP contribution is -2.20. The first-order chi connectivity index (χ1) is 8.15. The van der Waals surface area contributed by atoms with Crippen LogP contribution < -0.4 is 5.73 Å². The molecule has 0 saturated carbocycles. The van der Waals surface area contributed by atoms with Gasteiger partial charge in [0, 0.05) is 6.04 Å². The maximum absolute atomic E-state index is 6.00. The van der Waals surface area contributed by atoms with Crippen molar-refractivity contribution in [3.8, 4) is 0 Å². The van der Waals surface area contributed by atoms with Crippen molar-refractivity contribution in [3.05, 3.63) is 41.5 Å². The maximum Gasteiger partial charge on any atom is 0.0229 e. The van der Waals surface area contributed by atoms with E-state index < -0.39 is 0 Å². The van der Waals surface area contributed by atoms with Crippen molar-refractivity contribution in [2.45, 2.75) is 45.6 Å². The predicted molar refractivity (Wildman–Crippen MR) is 74.8 cm³/mol. The SMILES string of the molecule is CC(C)Cc1cccc(C2=CC(N)CCC2)c1. The Hall–Kier alpha value is -1.08. The molecule has 0 amide bonds. The summed E-state index contributed by atoms with van der Waals surface area (Å²) < 4.78 is 0. The van der Waals surface area contributed by atoms with Crippen molar-refractivity contribution in [2.24, 2.45) is 11.7 Å². The zero-order valence-corrected chi connectivity index (χ0v) is 10.9. The van der Waals surface area contributed by atoms with E-state index in [2.05, 4.69) is 44.2 Å². The Morgan fingerprint density at radius 2 is 2.18 bits per heavy atom. The Kier molecular flexibility index (Phi) is 4.01. The molecule has 17 heavy (non-hydrogen) atoms. The Balaban J connectivity index is 2.20. The van der Waals surface area contributed by atoms with E-state index in [9.17, 15) is 0 Å². The Morgan fingerprint density at radius 3 is 2.88 bits per heavy atom. The summed E-state index contributed by atoms with van der Waals surface area (Å²) in [4.78, 5) is 0. The van der Waals surface area contributed by atoms with Crippen LogP contribution in [0, 0.1) is 5.92 Å². The highest BCUT2D eigenvalue weighted by atomic mass is 14.6. The molecule has 2 N–H and O–H groups in total. The van der Waals surface area contributed by atoms with Crippen molar-refractivity contribution in [1.29, 1.82) is 0 Å². The van der Waals surface area contributed by atoms with E-state index in [4.69, 9.17) is 5.73 Å². The third-order valence-electron chi connectivity index (χ3n) is 3.34. The first-order valence-corrected chi connectivity index (χ1v) is 6.71. The second-order valence-electron chi connectivity index (χ2n) is 5.55. The van der Waals surface area contributed by atoms with Crippen LogP contribution in [0.3, 0.4) is 0 Å². The van der Waals surface area contributed by atoms with E-state index in [1.165, 1.54) is 29.5 Å². The van der Waals surface area contributed by atoms with E-state index in [0.29, 0.717) is 5.92 Å². The molecule has 1 aromatic rings. The molecule has 1 nitrogen and oxygen atoms in total. The Morgan fingerprint density at radius 1 is 1.35 bits per heavy atom. The third-order valence-corrected chi connectivity index (χ3v) is 3.34. The maximum atomic E-state index is 6.00. The zero-order chi connectivity index (χ0) is 12.3. The van der Waals surface area contributed by atoms with Gasteiger partial charge >= 0.3 is 0 Å². The second-order valence-corrected chi connectivity index (χ2v) is 5.55. The minimum Gasteiger partial charge on any atom is -0.324 e. The lowest BCUT2D eigenvalue weighted by Gasteiger charge is -2.18. The zero-order valence-electron chi connectivity index (χ0n) is 10.9. The Bertz CT molecular complexity index is 404. The summed E-state index contributed by atoms with van der Waals surface area (Å²) in [5.74, 6) is 0.716. The van der Waals surface area contributed by atoms with E-state index in [1.54, 1.807) is 0 Å². The molecule has 0 fully saturated rings. The average molecular weight is 229 g/mol. The molecule has 0 heterocycles. The van der Waals surface area contributed by atoms with E-state index >= 15 is 0 Å². The van der Waals surface area contributed by atoms with Crippen LogP contribution in [0.5, 0.6) is 0 Å². The highest BCUT2D eigenvalue weighted by Crippen LogP contribution is 2.27. The molecule has 1 heteroatoms. The van der Waals surface area contributed by atoms with Gasteiger partial charge in [0.15, 0.2) is 0 Å². The highest BCUT2D eigenvalue weighted by molar-refractivity contribution is 5.67. The minimum atomic E-state index is 0.257. The number of nitrogens with two attached hydrogens (primary N) is 1. The first kappa shape index (κ1) is 12.4. The van der Waals surface area contributed by atoms with Gasteiger partial charge < -0.3 is 5.73 Å². The van der Waals surface area contributed by atoms with Gasteiger partial charge in [0.1, 0.15) is 0 Å². The number of rotatable bonds is 3. The summed E-state index contributed by atoms with van der Waals surface area (Å²) in [5, 5.41) is 0. The quantitative estimate of drug-likeness (QED) is 0.838. The normalized spacial score (nSPS) is 20.5. The van der Waals surface area contributed by atoms with Crippen LogP contribution in [-0.4, -0.2) is 6.04 Å².